The molecule has 2 heterocycles. The Labute approximate surface area is 203 Å². The number of fused-ring (bicyclic) bond motifs is 3. The van der Waals surface area contributed by atoms with Crippen LogP contribution in [0.15, 0.2) is 42.6 Å². The van der Waals surface area contributed by atoms with Crippen LogP contribution in [0.1, 0.15) is 43.0 Å². The van der Waals surface area contributed by atoms with Crippen molar-refractivity contribution in [3.8, 4) is 11.5 Å². The number of hydrogen-bond donors (Lipinski definition) is 2. The Bertz CT molecular complexity index is 1330. The monoisotopic (exact) mass is 507 g/mol. The molecule has 2 aromatic carbocycles. The fourth-order valence-electron chi connectivity index (χ4n) is 4.32. The highest BCUT2D eigenvalue weighted by molar-refractivity contribution is 9.09. The van der Waals surface area contributed by atoms with Crippen LogP contribution in [-0.4, -0.2) is 27.0 Å². The number of aromatic hydroxyl groups is 1. The minimum absolute atomic E-state index is 0.242. The first kappa shape index (κ1) is 23.3. The molecule has 33 heavy (non-hydrogen) atoms. The van der Waals surface area contributed by atoms with Gasteiger partial charge in [-0.2, -0.15) is 0 Å². The zero-order chi connectivity index (χ0) is 23.8. The van der Waals surface area contributed by atoms with Crippen molar-refractivity contribution >= 4 is 43.6 Å². The third-order valence-corrected chi connectivity index (χ3v) is 6.17. The van der Waals surface area contributed by atoms with Gasteiger partial charge in [0.1, 0.15) is 17.0 Å². The average Bonchev–Trinajstić information content (AvgIpc) is 2.75. The molecule has 6 heteroatoms. The molecule has 0 fully saturated rings. The van der Waals surface area contributed by atoms with Crippen LogP contribution >= 0.6 is 15.9 Å². The molecule has 0 bridgehead atoms. The van der Waals surface area contributed by atoms with Gasteiger partial charge < -0.3 is 15.6 Å². The smallest absolute Gasteiger partial charge is 0.150 e. The second-order valence-corrected chi connectivity index (χ2v) is 10.3. The molecule has 0 atom stereocenters. The van der Waals surface area contributed by atoms with E-state index in [0.29, 0.717) is 12.4 Å². The number of phenols is 1. The molecule has 3 N–H and O–H groups in total. The molecule has 0 radical (unpaired) electrons. The van der Waals surface area contributed by atoms with E-state index >= 15 is 0 Å². The van der Waals surface area contributed by atoms with E-state index in [1.165, 1.54) is 0 Å². The van der Waals surface area contributed by atoms with Gasteiger partial charge in [0.2, 0.25) is 0 Å². The number of rotatable bonds is 6. The summed E-state index contributed by atoms with van der Waals surface area (Å²) in [5.41, 5.74) is 11.8. The molecular formula is C27H30BrN3O2. The Kier molecular flexibility index (Phi) is 6.48. The molecule has 0 aliphatic rings. The summed E-state index contributed by atoms with van der Waals surface area (Å²) in [6.07, 6.45) is 3.44. The molecule has 0 saturated heterocycles. The van der Waals surface area contributed by atoms with Gasteiger partial charge in [-0.05, 0) is 60.1 Å². The van der Waals surface area contributed by atoms with Crippen molar-refractivity contribution in [3.63, 3.8) is 0 Å². The van der Waals surface area contributed by atoms with E-state index < -0.39 is 0 Å². The molecule has 0 amide bonds. The molecule has 2 aromatic heterocycles. The number of halogens is 1. The molecule has 0 unspecified atom stereocenters. The summed E-state index contributed by atoms with van der Waals surface area (Å²) in [7, 11) is 0. The van der Waals surface area contributed by atoms with Gasteiger partial charge in [0, 0.05) is 27.9 Å². The SMILES string of the molecule is Cc1ccc2c(c1)nc(N)c1ncc(CCc3ccc(O)c(C(C)(C)C)c3OCCBr)cc12. The summed E-state index contributed by atoms with van der Waals surface area (Å²) in [6, 6.07) is 12.1. The van der Waals surface area contributed by atoms with Crippen molar-refractivity contribution in [2.75, 3.05) is 17.7 Å². The van der Waals surface area contributed by atoms with Gasteiger partial charge in [-0.25, -0.2) is 4.98 Å². The number of phenolic OH excluding ortho intramolecular Hbond substituents is 1. The number of benzene rings is 2. The van der Waals surface area contributed by atoms with Crippen molar-refractivity contribution < 1.29 is 9.84 Å². The van der Waals surface area contributed by atoms with Gasteiger partial charge in [0.05, 0.1) is 12.1 Å². The third kappa shape index (κ3) is 4.76. The van der Waals surface area contributed by atoms with Gasteiger partial charge in [-0.15, -0.1) is 0 Å². The van der Waals surface area contributed by atoms with E-state index in [1.54, 1.807) is 6.07 Å². The Morgan fingerprint density at radius 1 is 1.06 bits per heavy atom. The summed E-state index contributed by atoms with van der Waals surface area (Å²) in [6.45, 7) is 8.85. The fourth-order valence-corrected chi connectivity index (χ4v) is 4.48. The van der Waals surface area contributed by atoms with E-state index in [9.17, 15) is 5.11 Å². The summed E-state index contributed by atoms with van der Waals surface area (Å²) in [5, 5.41) is 13.4. The van der Waals surface area contributed by atoms with Gasteiger partial charge in [0.15, 0.2) is 5.82 Å². The highest BCUT2D eigenvalue weighted by Crippen LogP contribution is 2.41. The lowest BCUT2D eigenvalue weighted by molar-refractivity contribution is 0.324. The fraction of sp³-hybridized carbons (Fsp3) is 0.333. The second kappa shape index (κ2) is 9.18. The summed E-state index contributed by atoms with van der Waals surface area (Å²) in [4.78, 5) is 9.18. The first-order valence-electron chi connectivity index (χ1n) is 11.2. The summed E-state index contributed by atoms with van der Waals surface area (Å²) < 4.78 is 6.12. The number of nitrogen functional groups attached to an aromatic ring is 1. The largest absolute Gasteiger partial charge is 0.508 e. The van der Waals surface area contributed by atoms with E-state index in [1.807, 2.05) is 12.3 Å². The van der Waals surface area contributed by atoms with Gasteiger partial charge in [-0.1, -0.05) is 54.9 Å². The van der Waals surface area contributed by atoms with Crippen molar-refractivity contribution in [1.82, 2.24) is 9.97 Å². The zero-order valence-corrected chi connectivity index (χ0v) is 21.2. The predicted molar refractivity (Wildman–Crippen MR) is 140 cm³/mol. The first-order chi connectivity index (χ1) is 15.7. The van der Waals surface area contributed by atoms with Crippen LogP contribution < -0.4 is 10.5 Å². The maximum atomic E-state index is 10.6. The molecule has 5 nitrogen and oxygen atoms in total. The van der Waals surface area contributed by atoms with Gasteiger partial charge in [-0.3, -0.25) is 4.98 Å². The molecule has 4 aromatic rings. The molecule has 0 saturated carbocycles. The Morgan fingerprint density at radius 2 is 1.85 bits per heavy atom. The first-order valence-corrected chi connectivity index (χ1v) is 12.3. The van der Waals surface area contributed by atoms with Crippen molar-refractivity contribution in [2.24, 2.45) is 0 Å². The van der Waals surface area contributed by atoms with Crippen LogP contribution in [-0.2, 0) is 18.3 Å². The number of ether oxygens (including phenoxy) is 1. The highest BCUT2D eigenvalue weighted by Gasteiger charge is 2.25. The zero-order valence-electron chi connectivity index (χ0n) is 19.6. The molecule has 172 valence electrons. The van der Waals surface area contributed by atoms with E-state index in [4.69, 9.17) is 10.5 Å². The van der Waals surface area contributed by atoms with Gasteiger partial charge >= 0.3 is 0 Å². The number of alkyl halides is 1. The van der Waals surface area contributed by atoms with Crippen LogP contribution in [0.5, 0.6) is 11.5 Å². The molecular weight excluding hydrogens is 478 g/mol. The van der Waals surface area contributed by atoms with Gasteiger partial charge in [0.25, 0.3) is 0 Å². The molecule has 0 aliphatic carbocycles. The number of aryl methyl sites for hydroxylation is 3. The number of anilines is 1. The van der Waals surface area contributed by atoms with Crippen molar-refractivity contribution in [1.29, 1.82) is 0 Å². The maximum Gasteiger partial charge on any atom is 0.150 e. The Balaban J connectivity index is 1.72. The third-order valence-electron chi connectivity index (χ3n) is 5.85. The lowest BCUT2D eigenvalue weighted by Crippen LogP contribution is -2.16. The molecule has 0 aliphatic heterocycles. The highest BCUT2D eigenvalue weighted by atomic mass is 79.9. The Morgan fingerprint density at radius 3 is 2.58 bits per heavy atom. The van der Waals surface area contributed by atoms with Crippen LogP contribution in [0.25, 0.3) is 21.8 Å². The van der Waals surface area contributed by atoms with Crippen LogP contribution in [0.2, 0.25) is 0 Å². The van der Waals surface area contributed by atoms with Crippen LogP contribution in [0.3, 0.4) is 0 Å². The molecule has 4 rings (SSSR count). The lowest BCUT2D eigenvalue weighted by Gasteiger charge is -2.26. The number of nitrogens with two attached hydrogens (primary N) is 1. The van der Waals surface area contributed by atoms with Crippen LogP contribution in [0, 0.1) is 6.92 Å². The number of pyridine rings is 2. The summed E-state index contributed by atoms with van der Waals surface area (Å²) in [5.74, 6) is 1.51. The Hall–Kier alpha value is -2.86. The van der Waals surface area contributed by atoms with Crippen molar-refractivity contribution in [3.05, 3.63) is 64.8 Å². The number of aromatic nitrogens is 2. The predicted octanol–water partition coefficient (Wildman–Crippen LogP) is 6.24. The van der Waals surface area contributed by atoms with E-state index in [0.717, 1.165) is 68.0 Å². The quantitative estimate of drug-likeness (QED) is 0.238. The number of hydrogen-bond acceptors (Lipinski definition) is 5. The minimum atomic E-state index is -0.242. The van der Waals surface area contributed by atoms with E-state index in [2.05, 4.69) is 77.9 Å². The second-order valence-electron chi connectivity index (χ2n) is 9.49. The standard InChI is InChI=1S/C27H30BrN3O2/c1-16-5-9-19-20-14-17(15-30-24(20)26(29)31-21(19)13-16)6-7-18-8-10-22(32)23(27(2,3)4)25(18)33-12-11-28/h5,8-10,13-15,32H,6-7,11-12H2,1-4H3,(H2,29,31). The lowest BCUT2D eigenvalue weighted by atomic mass is 9.83. The van der Waals surface area contributed by atoms with E-state index in [-0.39, 0.29) is 11.2 Å². The van der Waals surface area contributed by atoms with Crippen LogP contribution in [0.4, 0.5) is 5.82 Å². The molecule has 0 spiro atoms. The maximum absolute atomic E-state index is 10.6. The van der Waals surface area contributed by atoms with Crippen molar-refractivity contribution in [2.45, 2.75) is 46.0 Å². The summed E-state index contributed by atoms with van der Waals surface area (Å²) >= 11 is 3.44. The minimum Gasteiger partial charge on any atom is -0.508 e. The normalized spacial score (nSPS) is 11.9. The number of nitrogens with zero attached hydrogens (tertiary/aromatic N) is 2. The topological polar surface area (TPSA) is 81.3 Å². The average molecular weight is 508 g/mol.